The predicted octanol–water partition coefficient (Wildman–Crippen LogP) is 0.449. The molecular weight excluding hydrogens is 104 g/mol. The van der Waals surface area contributed by atoms with Crippen molar-refractivity contribution in [1.29, 1.82) is 0 Å². The van der Waals surface area contributed by atoms with Gasteiger partial charge >= 0.3 is 0 Å². The third kappa shape index (κ3) is 1.90. The molecule has 0 aliphatic carbocycles. The summed E-state index contributed by atoms with van der Waals surface area (Å²) in [7, 11) is 0. The molecule has 0 bridgehead atoms. The van der Waals surface area contributed by atoms with Crippen LogP contribution in [0, 0.1) is 0 Å². The third-order valence-corrected chi connectivity index (χ3v) is 0.730. The SMILES string of the molecule is CC/C=N/NN1C[N-]1. The lowest BCUT2D eigenvalue weighted by Gasteiger charge is -2.02. The van der Waals surface area contributed by atoms with Crippen molar-refractivity contribution in [3.63, 3.8) is 0 Å². The summed E-state index contributed by atoms with van der Waals surface area (Å²) < 4.78 is 0. The van der Waals surface area contributed by atoms with Crippen molar-refractivity contribution < 1.29 is 0 Å². The zero-order valence-electron chi connectivity index (χ0n) is 4.83. The fourth-order valence-electron chi connectivity index (χ4n) is 0.294. The van der Waals surface area contributed by atoms with Gasteiger partial charge in [-0.05, 0) is 6.42 Å². The van der Waals surface area contributed by atoms with Crippen LogP contribution in [0.1, 0.15) is 13.3 Å². The molecule has 46 valence electrons. The maximum absolute atomic E-state index is 3.81. The molecule has 4 heteroatoms. The van der Waals surface area contributed by atoms with Gasteiger partial charge in [0.2, 0.25) is 0 Å². The highest BCUT2D eigenvalue weighted by molar-refractivity contribution is 5.55. The van der Waals surface area contributed by atoms with E-state index in [0.29, 0.717) is 0 Å². The molecule has 8 heavy (non-hydrogen) atoms. The predicted molar refractivity (Wildman–Crippen MR) is 32.0 cm³/mol. The molecule has 0 aromatic heterocycles. The molecule has 1 fully saturated rings. The highest BCUT2D eigenvalue weighted by Gasteiger charge is 1.93. The Morgan fingerprint density at radius 2 is 2.75 bits per heavy atom. The van der Waals surface area contributed by atoms with Crippen LogP contribution < -0.4 is 5.53 Å². The maximum atomic E-state index is 3.81. The van der Waals surface area contributed by atoms with Gasteiger partial charge in [0, 0.05) is 6.21 Å². The van der Waals surface area contributed by atoms with Crippen molar-refractivity contribution in [1.82, 2.24) is 10.7 Å². The van der Waals surface area contributed by atoms with Crippen LogP contribution in [0.2, 0.25) is 0 Å². The minimum atomic E-state index is 0.765. The fraction of sp³-hybridized carbons (Fsp3) is 0.750. The average Bonchev–Trinajstić information content (AvgIpc) is 2.51. The van der Waals surface area contributed by atoms with Gasteiger partial charge in [0.15, 0.2) is 0 Å². The molecule has 1 N–H and O–H groups in total. The monoisotopic (exact) mass is 113 g/mol. The molecule has 0 saturated carbocycles. The Kier molecular flexibility index (Phi) is 1.82. The van der Waals surface area contributed by atoms with E-state index in [1.807, 2.05) is 6.92 Å². The van der Waals surface area contributed by atoms with Crippen molar-refractivity contribution in [2.75, 3.05) is 6.67 Å². The lowest BCUT2D eigenvalue weighted by Crippen LogP contribution is -2.11. The van der Waals surface area contributed by atoms with E-state index < -0.39 is 0 Å². The molecule has 1 unspecified atom stereocenters. The Morgan fingerprint density at radius 1 is 2.00 bits per heavy atom. The summed E-state index contributed by atoms with van der Waals surface area (Å²) >= 11 is 0. The van der Waals surface area contributed by atoms with Crippen LogP contribution in [-0.2, 0) is 0 Å². The molecular formula is C4H9N4-. The second-order valence-corrected chi connectivity index (χ2v) is 1.50. The largest absolute Gasteiger partial charge is 0.563 e. The second kappa shape index (κ2) is 2.64. The van der Waals surface area contributed by atoms with Crippen LogP contribution in [0.25, 0.3) is 5.43 Å². The van der Waals surface area contributed by atoms with Crippen molar-refractivity contribution >= 4 is 6.21 Å². The quantitative estimate of drug-likeness (QED) is 0.328. The van der Waals surface area contributed by atoms with Gasteiger partial charge in [-0.15, -0.1) is 0 Å². The highest BCUT2D eigenvalue weighted by atomic mass is 15.9. The van der Waals surface area contributed by atoms with Gasteiger partial charge in [-0.1, -0.05) is 13.6 Å². The molecule has 1 aliphatic heterocycles. The van der Waals surface area contributed by atoms with Gasteiger partial charge in [0.05, 0.1) is 0 Å². The molecule has 1 atom stereocenters. The minimum Gasteiger partial charge on any atom is -0.563 e. The molecule has 0 amide bonds. The summed E-state index contributed by atoms with van der Waals surface area (Å²) in [6.45, 7) is 2.80. The Hall–Kier alpha value is -0.610. The standard InChI is InChI=1S/C4H9N4/c1-2-3-5-7-8-4-6-8/h3,7H,2,4H2,1H3/q-1/b5-3+. The van der Waals surface area contributed by atoms with Gasteiger partial charge in [-0.3, -0.25) is 5.53 Å². The number of hydrogen-bond donors (Lipinski definition) is 1. The van der Waals surface area contributed by atoms with Crippen molar-refractivity contribution in [3.8, 4) is 0 Å². The van der Waals surface area contributed by atoms with E-state index in [1.54, 1.807) is 11.3 Å². The van der Waals surface area contributed by atoms with Crippen LogP contribution in [0.15, 0.2) is 5.10 Å². The Bertz CT molecular complexity index is 86.0. The smallest absolute Gasteiger partial charge is 0.0255 e. The van der Waals surface area contributed by atoms with Crippen LogP contribution in [-0.4, -0.2) is 18.0 Å². The number of hydrazone groups is 1. The van der Waals surface area contributed by atoms with E-state index in [1.165, 1.54) is 0 Å². The Labute approximate surface area is 48.5 Å². The summed E-state index contributed by atoms with van der Waals surface area (Å²) in [4.78, 5) is 0. The first-order valence-electron chi connectivity index (χ1n) is 2.65. The van der Waals surface area contributed by atoms with E-state index in [9.17, 15) is 0 Å². The molecule has 4 nitrogen and oxygen atoms in total. The summed E-state index contributed by atoms with van der Waals surface area (Å²) in [5.41, 5.74) is 6.48. The van der Waals surface area contributed by atoms with Gasteiger partial charge in [0.1, 0.15) is 0 Å². The molecule has 0 spiro atoms. The Balaban J connectivity index is 1.93. The summed E-state index contributed by atoms with van der Waals surface area (Å²) in [5.74, 6) is 0. The molecule has 0 aromatic carbocycles. The van der Waals surface area contributed by atoms with E-state index in [2.05, 4.69) is 16.1 Å². The van der Waals surface area contributed by atoms with Gasteiger partial charge in [0.25, 0.3) is 0 Å². The number of hydrogen-bond acceptors (Lipinski definition) is 3. The third-order valence-electron chi connectivity index (χ3n) is 0.730. The van der Waals surface area contributed by atoms with Gasteiger partial charge in [-0.25, -0.2) is 0 Å². The molecule has 1 rings (SSSR count). The normalized spacial score (nSPS) is 26.4. The fourth-order valence-corrected chi connectivity index (χ4v) is 0.294. The van der Waals surface area contributed by atoms with E-state index in [0.717, 1.165) is 13.1 Å². The Morgan fingerprint density at radius 3 is 3.25 bits per heavy atom. The van der Waals surface area contributed by atoms with Crippen LogP contribution in [0.3, 0.4) is 0 Å². The second-order valence-electron chi connectivity index (χ2n) is 1.50. The number of hydrazine groups is 1. The van der Waals surface area contributed by atoms with Crippen molar-refractivity contribution in [3.05, 3.63) is 5.43 Å². The van der Waals surface area contributed by atoms with Crippen molar-refractivity contribution in [2.45, 2.75) is 13.3 Å². The summed E-state index contributed by atoms with van der Waals surface area (Å²) in [6.07, 6.45) is 2.76. The molecule has 1 heterocycles. The summed E-state index contributed by atoms with van der Waals surface area (Å²) in [5, 5.41) is 5.47. The average molecular weight is 113 g/mol. The number of nitrogens with zero attached hydrogens (tertiary/aromatic N) is 3. The van der Waals surface area contributed by atoms with Crippen LogP contribution in [0.5, 0.6) is 0 Å². The van der Waals surface area contributed by atoms with E-state index >= 15 is 0 Å². The van der Waals surface area contributed by atoms with Crippen LogP contribution in [0.4, 0.5) is 0 Å². The first-order chi connectivity index (χ1) is 3.93. The van der Waals surface area contributed by atoms with Crippen molar-refractivity contribution in [2.24, 2.45) is 5.10 Å². The maximum Gasteiger partial charge on any atom is 0.0255 e. The van der Waals surface area contributed by atoms with Gasteiger partial charge < -0.3 is 10.5 Å². The number of nitrogens with one attached hydrogen (secondary N) is 1. The first kappa shape index (κ1) is 5.53. The van der Waals surface area contributed by atoms with Crippen LogP contribution >= 0.6 is 0 Å². The highest BCUT2D eigenvalue weighted by Crippen LogP contribution is 2.09. The topological polar surface area (TPSA) is 41.5 Å². The van der Waals surface area contributed by atoms with E-state index in [4.69, 9.17) is 0 Å². The molecule has 1 aliphatic rings. The van der Waals surface area contributed by atoms with Gasteiger partial charge in [-0.2, -0.15) is 5.10 Å². The number of rotatable bonds is 3. The first-order valence-corrected chi connectivity index (χ1v) is 2.65. The zero-order valence-corrected chi connectivity index (χ0v) is 4.83. The summed E-state index contributed by atoms with van der Waals surface area (Å²) in [6, 6.07) is 0. The molecule has 0 radical (unpaired) electrons. The lowest BCUT2D eigenvalue weighted by molar-refractivity contribution is 0.441. The zero-order chi connectivity index (χ0) is 5.82. The molecule has 0 aromatic rings. The lowest BCUT2D eigenvalue weighted by atomic mass is 10.6. The minimum absolute atomic E-state index is 0.765. The van der Waals surface area contributed by atoms with E-state index in [-0.39, 0.29) is 0 Å². The molecule has 1 saturated heterocycles.